The molecule has 170 valence electrons. The van der Waals surface area contributed by atoms with Crippen molar-refractivity contribution < 1.29 is 9.53 Å². The number of aromatic nitrogens is 2. The molecule has 32 heavy (non-hydrogen) atoms. The summed E-state index contributed by atoms with van der Waals surface area (Å²) in [5, 5.41) is 3.08. The summed E-state index contributed by atoms with van der Waals surface area (Å²) in [4.78, 5) is 27.1. The summed E-state index contributed by atoms with van der Waals surface area (Å²) in [5.74, 6) is 2.49. The molecule has 5 rings (SSSR count). The molecule has 2 saturated heterocycles. The van der Waals surface area contributed by atoms with E-state index in [1.54, 1.807) is 0 Å². The Hall–Kier alpha value is -2.67. The molecule has 3 heterocycles. The van der Waals surface area contributed by atoms with Crippen LogP contribution in [0.5, 0.6) is 0 Å². The van der Waals surface area contributed by atoms with Crippen LogP contribution in [-0.2, 0) is 4.74 Å². The molecule has 1 atom stereocenters. The quantitative estimate of drug-likeness (QED) is 0.751. The topological polar surface area (TPSA) is 70.6 Å². The highest BCUT2D eigenvalue weighted by Gasteiger charge is 2.26. The van der Waals surface area contributed by atoms with Crippen molar-refractivity contribution in [3.05, 3.63) is 47.7 Å². The lowest BCUT2D eigenvalue weighted by Crippen LogP contribution is -2.38. The second-order valence-corrected chi connectivity index (χ2v) is 9.21. The van der Waals surface area contributed by atoms with Gasteiger partial charge in [0.25, 0.3) is 5.91 Å². The Morgan fingerprint density at radius 2 is 1.81 bits per heavy atom. The minimum absolute atomic E-state index is 0.0931. The van der Waals surface area contributed by atoms with Crippen LogP contribution >= 0.6 is 0 Å². The predicted octanol–water partition coefficient (Wildman–Crippen LogP) is 3.23. The maximum Gasteiger partial charge on any atom is 0.270 e. The van der Waals surface area contributed by atoms with Gasteiger partial charge in [-0.25, -0.2) is 4.98 Å². The maximum atomic E-state index is 12.9. The molecule has 1 unspecified atom stereocenters. The van der Waals surface area contributed by atoms with E-state index in [9.17, 15) is 4.79 Å². The van der Waals surface area contributed by atoms with E-state index in [-0.39, 0.29) is 5.91 Å². The summed E-state index contributed by atoms with van der Waals surface area (Å²) in [5.41, 5.74) is 1.84. The van der Waals surface area contributed by atoms with Crippen molar-refractivity contribution in [1.29, 1.82) is 0 Å². The second kappa shape index (κ2) is 9.86. The highest BCUT2D eigenvalue weighted by Crippen LogP contribution is 2.30. The number of nitrogens with zero attached hydrogens (tertiary/aromatic N) is 4. The number of amides is 1. The zero-order chi connectivity index (χ0) is 21.8. The Morgan fingerprint density at radius 3 is 2.59 bits per heavy atom. The maximum absolute atomic E-state index is 12.9. The number of anilines is 2. The lowest BCUT2D eigenvalue weighted by molar-refractivity contribution is 0.0946. The van der Waals surface area contributed by atoms with Gasteiger partial charge < -0.3 is 19.9 Å². The fourth-order valence-corrected chi connectivity index (χ4v) is 4.60. The van der Waals surface area contributed by atoms with E-state index in [0.29, 0.717) is 36.7 Å². The molecule has 1 aromatic heterocycles. The monoisotopic (exact) mass is 435 g/mol. The lowest BCUT2D eigenvalue weighted by Gasteiger charge is -2.30. The number of hydrogen-bond donors (Lipinski definition) is 1. The fourth-order valence-electron chi connectivity index (χ4n) is 4.60. The SMILES string of the molecule is O=C(NCC1CC1)c1cc(N2CCOCC2)nc(N2CCCCC(c3ccccc3)C2)n1. The molecule has 1 amide bonds. The van der Waals surface area contributed by atoms with Crippen molar-refractivity contribution in [3.8, 4) is 0 Å². The van der Waals surface area contributed by atoms with E-state index in [1.807, 2.05) is 6.07 Å². The summed E-state index contributed by atoms with van der Waals surface area (Å²) in [6.45, 7) is 5.47. The first-order valence-electron chi connectivity index (χ1n) is 12.1. The largest absolute Gasteiger partial charge is 0.378 e. The number of carbonyl (C=O) groups is 1. The van der Waals surface area contributed by atoms with Gasteiger partial charge in [0.1, 0.15) is 11.5 Å². The van der Waals surface area contributed by atoms with Crippen molar-refractivity contribution >= 4 is 17.7 Å². The van der Waals surface area contributed by atoms with Crippen LogP contribution in [0.25, 0.3) is 0 Å². The molecule has 7 heteroatoms. The Morgan fingerprint density at radius 1 is 1.00 bits per heavy atom. The van der Waals surface area contributed by atoms with Gasteiger partial charge in [-0.05, 0) is 37.2 Å². The number of ether oxygens (including phenoxy) is 1. The number of carbonyl (C=O) groups excluding carboxylic acids is 1. The van der Waals surface area contributed by atoms with Crippen molar-refractivity contribution in [3.63, 3.8) is 0 Å². The smallest absolute Gasteiger partial charge is 0.270 e. The Balaban J connectivity index is 1.42. The zero-order valence-corrected chi connectivity index (χ0v) is 18.7. The number of rotatable bonds is 6. The Bertz CT molecular complexity index is 912. The van der Waals surface area contributed by atoms with Crippen molar-refractivity contribution in [2.24, 2.45) is 5.92 Å². The van der Waals surface area contributed by atoms with E-state index < -0.39 is 0 Å². The molecule has 1 aromatic carbocycles. The Labute approximate surface area is 190 Å². The highest BCUT2D eigenvalue weighted by molar-refractivity contribution is 5.93. The van der Waals surface area contributed by atoms with Crippen LogP contribution in [0.4, 0.5) is 11.8 Å². The third-order valence-corrected chi connectivity index (χ3v) is 6.74. The highest BCUT2D eigenvalue weighted by atomic mass is 16.5. The van der Waals surface area contributed by atoms with Gasteiger partial charge in [-0.15, -0.1) is 0 Å². The summed E-state index contributed by atoms with van der Waals surface area (Å²) < 4.78 is 5.52. The molecule has 1 N–H and O–H groups in total. The lowest BCUT2D eigenvalue weighted by atomic mass is 9.94. The number of nitrogens with one attached hydrogen (secondary N) is 1. The van der Waals surface area contributed by atoms with Crippen LogP contribution in [-0.4, -0.2) is 61.8 Å². The first-order valence-corrected chi connectivity index (χ1v) is 12.1. The van der Waals surface area contributed by atoms with Crippen LogP contribution in [0.3, 0.4) is 0 Å². The fraction of sp³-hybridized carbons (Fsp3) is 0.560. The molecule has 1 aliphatic carbocycles. The summed E-state index contributed by atoms with van der Waals surface area (Å²) in [6, 6.07) is 12.6. The molecule has 0 spiro atoms. The molecular formula is C25H33N5O2. The van der Waals surface area contributed by atoms with Gasteiger partial charge in [0.2, 0.25) is 5.95 Å². The van der Waals surface area contributed by atoms with E-state index in [2.05, 4.69) is 45.4 Å². The van der Waals surface area contributed by atoms with Crippen LogP contribution in [0.1, 0.15) is 54.1 Å². The summed E-state index contributed by atoms with van der Waals surface area (Å²) in [7, 11) is 0. The van der Waals surface area contributed by atoms with Crippen molar-refractivity contribution in [2.45, 2.75) is 38.0 Å². The molecule has 3 fully saturated rings. The summed E-state index contributed by atoms with van der Waals surface area (Å²) >= 11 is 0. The average Bonchev–Trinajstić information content (AvgIpc) is 3.70. The van der Waals surface area contributed by atoms with Gasteiger partial charge in [-0.1, -0.05) is 36.8 Å². The molecule has 0 bridgehead atoms. The van der Waals surface area contributed by atoms with Gasteiger partial charge in [0, 0.05) is 44.7 Å². The van der Waals surface area contributed by atoms with E-state index in [4.69, 9.17) is 14.7 Å². The molecule has 2 aromatic rings. The van der Waals surface area contributed by atoms with Gasteiger partial charge >= 0.3 is 0 Å². The zero-order valence-electron chi connectivity index (χ0n) is 18.7. The molecule has 7 nitrogen and oxygen atoms in total. The van der Waals surface area contributed by atoms with Crippen LogP contribution in [0, 0.1) is 5.92 Å². The van der Waals surface area contributed by atoms with Gasteiger partial charge in [0.15, 0.2) is 0 Å². The van der Waals surface area contributed by atoms with Gasteiger partial charge in [-0.2, -0.15) is 4.98 Å². The van der Waals surface area contributed by atoms with Gasteiger partial charge in [0.05, 0.1) is 13.2 Å². The minimum atomic E-state index is -0.0931. The molecule has 0 radical (unpaired) electrons. The third-order valence-electron chi connectivity index (χ3n) is 6.74. The minimum Gasteiger partial charge on any atom is -0.378 e. The first kappa shape index (κ1) is 21.2. The molecule has 1 saturated carbocycles. The summed E-state index contributed by atoms with van der Waals surface area (Å²) in [6.07, 6.45) is 5.88. The Kier molecular flexibility index (Phi) is 6.53. The van der Waals surface area contributed by atoms with Crippen LogP contribution < -0.4 is 15.1 Å². The van der Waals surface area contributed by atoms with Crippen LogP contribution in [0.15, 0.2) is 36.4 Å². The predicted molar refractivity (Wildman–Crippen MR) is 125 cm³/mol. The standard InChI is InChI=1S/C25H33N5O2/c31-24(26-17-19-9-10-19)22-16-23(29-12-14-32-15-13-29)28-25(27-22)30-11-5-4-8-21(18-30)20-6-2-1-3-7-20/h1-3,6-7,16,19,21H,4-5,8-15,17-18H2,(H,26,31). The third kappa shape index (κ3) is 5.21. The molecule has 2 aliphatic heterocycles. The van der Waals surface area contributed by atoms with Gasteiger partial charge in [-0.3, -0.25) is 4.79 Å². The molecule has 3 aliphatic rings. The van der Waals surface area contributed by atoms with E-state index in [0.717, 1.165) is 45.0 Å². The van der Waals surface area contributed by atoms with E-state index >= 15 is 0 Å². The van der Waals surface area contributed by atoms with Crippen molar-refractivity contribution in [2.75, 3.05) is 55.7 Å². The molecular weight excluding hydrogens is 402 g/mol. The first-order chi connectivity index (χ1) is 15.8. The van der Waals surface area contributed by atoms with Crippen molar-refractivity contribution in [1.82, 2.24) is 15.3 Å². The normalized spacial score (nSPS) is 21.8. The number of hydrogen-bond acceptors (Lipinski definition) is 6. The number of morpholine rings is 1. The van der Waals surface area contributed by atoms with Crippen LogP contribution in [0.2, 0.25) is 0 Å². The van der Waals surface area contributed by atoms with E-state index in [1.165, 1.54) is 31.2 Å². The second-order valence-electron chi connectivity index (χ2n) is 9.21. The number of benzene rings is 1. The average molecular weight is 436 g/mol.